The molecule has 0 radical (unpaired) electrons. The van der Waals surface area contributed by atoms with Crippen LogP contribution >= 0.6 is 0 Å². The van der Waals surface area contributed by atoms with Gasteiger partial charge in [0.1, 0.15) is 5.82 Å². The molecule has 1 saturated heterocycles. The first kappa shape index (κ1) is 18.5. The van der Waals surface area contributed by atoms with Crippen molar-refractivity contribution in [3.63, 3.8) is 0 Å². The summed E-state index contributed by atoms with van der Waals surface area (Å²) in [5.41, 5.74) is 2.89. The van der Waals surface area contributed by atoms with Crippen LogP contribution in [-0.2, 0) is 22.6 Å². The largest absolute Gasteiger partial charge is 0.377 e. The first-order chi connectivity index (χ1) is 12.6. The van der Waals surface area contributed by atoms with Crippen molar-refractivity contribution in [2.75, 3.05) is 18.5 Å². The van der Waals surface area contributed by atoms with Crippen LogP contribution in [0.5, 0.6) is 0 Å². The van der Waals surface area contributed by atoms with Crippen LogP contribution in [0.15, 0.2) is 48.5 Å². The Morgan fingerprint density at radius 2 is 1.96 bits per heavy atom. The minimum absolute atomic E-state index is 0.0798. The fourth-order valence-corrected chi connectivity index (χ4v) is 3.31. The van der Waals surface area contributed by atoms with E-state index in [4.69, 9.17) is 4.74 Å². The zero-order valence-electron chi connectivity index (χ0n) is 15.1. The molecule has 1 atom stereocenters. The Labute approximate surface area is 154 Å². The molecule has 1 amide bonds. The SMILES string of the molecule is CC(=O)Nc1ccc(CN(Cc2cccc(F)c2)CC2CCCO2)cc1. The molecule has 0 aliphatic carbocycles. The van der Waals surface area contributed by atoms with Gasteiger partial charge in [0.05, 0.1) is 6.10 Å². The number of benzene rings is 2. The lowest BCUT2D eigenvalue weighted by atomic mass is 10.1. The molecular weight excluding hydrogens is 331 g/mol. The van der Waals surface area contributed by atoms with E-state index in [0.29, 0.717) is 6.54 Å². The molecule has 5 heteroatoms. The van der Waals surface area contributed by atoms with Gasteiger partial charge < -0.3 is 10.1 Å². The van der Waals surface area contributed by atoms with E-state index in [-0.39, 0.29) is 17.8 Å². The highest BCUT2D eigenvalue weighted by atomic mass is 19.1. The van der Waals surface area contributed by atoms with Crippen LogP contribution in [-0.4, -0.2) is 30.1 Å². The van der Waals surface area contributed by atoms with Crippen molar-refractivity contribution >= 4 is 11.6 Å². The summed E-state index contributed by atoms with van der Waals surface area (Å²) >= 11 is 0. The number of ether oxygens (including phenoxy) is 1. The molecule has 26 heavy (non-hydrogen) atoms. The molecule has 0 saturated carbocycles. The second-order valence-corrected chi connectivity index (χ2v) is 6.81. The van der Waals surface area contributed by atoms with Gasteiger partial charge in [0.15, 0.2) is 0 Å². The van der Waals surface area contributed by atoms with Crippen molar-refractivity contribution < 1.29 is 13.9 Å². The molecule has 0 spiro atoms. The molecule has 2 aromatic carbocycles. The first-order valence-electron chi connectivity index (χ1n) is 9.03. The van der Waals surface area contributed by atoms with Crippen LogP contribution in [0.3, 0.4) is 0 Å². The van der Waals surface area contributed by atoms with E-state index >= 15 is 0 Å². The molecular formula is C21H25FN2O2. The number of amides is 1. The van der Waals surface area contributed by atoms with E-state index < -0.39 is 0 Å². The topological polar surface area (TPSA) is 41.6 Å². The van der Waals surface area contributed by atoms with Crippen molar-refractivity contribution in [2.24, 2.45) is 0 Å². The Morgan fingerprint density at radius 1 is 1.19 bits per heavy atom. The van der Waals surface area contributed by atoms with Gasteiger partial charge in [0.2, 0.25) is 5.91 Å². The number of nitrogens with one attached hydrogen (secondary N) is 1. The third-order valence-corrected chi connectivity index (χ3v) is 4.46. The van der Waals surface area contributed by atoms with E-state index in [1.807, 2.05) is 30.3 Å². The van der Waals surface area contributed by atoms with Gasteiger partial charge in [-0.1, -0.05) is 24.3 Å². The van der Waals surface area contributed by atoms with Crippen LogP contribution in [0.25, 0.3) is 0 Å². The molecule has 4 nitrogen and oxygen atoms in total. The maximum absolute atomic E-state index is 13.5. The Balaban J connectivity index is 1.68. The summed E-state index contributed by atoms with van der Waals surface area (Å²) in [4.78, 5) is 13.4. The highest BCUT2D eigenvalue weighted by Gasteiger charge is 2.19. The fraction of sp³-hybridized carbons (Fsp3) is 0.381. The Hall–Kier alpha value is -2.24. The zero-order valence-corrected chi connectivity index (χ0v) is 15.1. The zero-order chi connectivity index (χ0) is 18.4. The normalized spacial score (nSPS) is 16.8. The number of carbonyl (C=O) groups is 1. The third-order valence-electron chi connectivity index (χ3n) is 4.46. The lowest BCUT2D eigenvalue weighted by Crippen LogP contribution is -2.31. The van der Waals surface area contributed by atoms with E-state index in [1.165, 1.54) is 13.0 Å². The predicted molar refractivity (Wildman–Crippen MR) is 100 cm³/mol. The lowest BCUT2D eigenvalue weighted by molar-refractivity contribution is -0.114. The van der Waals surface area contributed by atoms with Crippen LogP contribution in [0.2, 0.25) is 0 Å². The summed E-state index contributed by atoms with van der Waals surface area (Å²) in [6, 6.07) is 14.6. The molecule has 1 N–H and O–H groups in total. The van der Waals surface area contributed by atoms with Crippen molar-refractivity contribution in [3.05, 3.63) is 65.5 Å². The number of rotatable bonds is 7. The van der Waals surface area contributed by atoms with Gasteiger partial charge in [-0.15, -0.1) is 0 Å². The lowest BCUT2D eigenvalue weighted by Gasteiger charge is -2.25. The minimum atomic E-state index is -0.209. The van der Waals surface area contributed by atoms with Crippen LogP contribution in [0.1, 0.15) is 30.9 Å². The Bertz CT molecular complexity index is 727. The Morgan fingerprint density at radius 3 is 2.62 bits per heavy atom. The molecule has 2 aromatic rings. The van der Waals surface area contributed by atoms with Crippen molar-refractivity contribution in [2.45, 2.75) is 39.0 Å². The number of hydrogen-bond acceptors (Lipinski definition) is 3. The van der Waals surface area contributed by atoms with Gasteiger partial charge >= 0.3 is 0 Å². The number of halogens is 1. The van der Waals surface area contributed by atoms with E-state index in [1.54, 1.807) is 12.1 Å². The second-order valence-electron chi connectivity index (χ2n) is 6.81. The van der Waals surface area contributed by atoms with Gasteiger partial charge in [-0.2, -0.15) is 0 Å². The first-order valence-corrected chi connectivity index (χ1v) is 9.03. The molecule has 1 fully saturated rings. The van der Waals surface area contributed by atoms with Gasteiger partial charge in [0.25, 0.3) is 0 Å². The summed E-state index contributed by atoms with van der Waals surface area (Å²) in [7, 11) is 0. The summed E-state index contributed by atoms with van der Waals surface area (Å²) < 4.78 is 19.3. The van der Waals surface area contributed by atoms with E-state index in [2.05, 4.69) is 10.2 Å². The maximum atomic E-state index is 13.5. The molecule has 1 aliphatic rings. The smallest absolute Gasteiger partial charge is 0.221 e. The second kappa shape index (κ2) is 8.92. The number of nitrogens with zero attached hydrogens (tertiary/aromatic N) is 1. The summed E-state index contributed by atoms with van der Waals surface area (Å²) in [6.45, 7) is 4.56. The van der Waals surface area contributed by atoms with Gasteiger partial charge in [-0.05, 0) is 48.2 Å². The molecule has 1 heterocycles. The van der Waals surface area contributed by atoms with Gasteiger partial charge in [-0.3, -0.25) is 9.69 Å². The fourth-order valence-electron chi connectivity index (χ4n) is 3.31. The minimum Gasteiger partial charge on any atom is -0.377 e. The summed E-state index contributed by atoms with van der Waals surface area (Å²) in [6.07, 6.45) is 2.41. The van der Waals surface area contributed by atoms with Crippen molar-refractivity contribution in [1.29, 1.82) is 0 Å². The third kappa shape index (κ3) is 5.64. The standard InChI is InChI=1S/C21H25FN2O2/c1-16(25)23-20-9-7-17(8-10-20)13-24(15-21-6-3-11-26-21)14-18-4-2-5-19(22)12-18/h2,4-5,7-10,12,21H,3,6,11,13-15H2,1H3,(H,23,25). The average Bonchev–Trinajstić information content (AvgIpc) is 3.09. The van der Waals surface area contributed by atoms with Crippen LogP contribution < -0.4 is 5.32 Å². The Kier molecular flexibility index (Phi) is 6.36. The number of carbonyl (C=O) groups excluding carboxylic acids is 1. The molecule has 0 bridgehead atoms. The molecule has 1 unspecified atom stereocenters. The molecule has 138 valence electrons. The quantitative estimate of drug-likeness (QED) is 0.816. The van der Waals surface area contributed by atoms with E-state index in [0.717, 1.165) is 49.4 Å². The van der Waals surface area contributed by atoms with Crippen molar-refractivity contribution in [3.8, 4) is 0 Å². The average molecular weight is 356 g/mol. The number of anilines is 1. The van der Waals surface area contributed by atoms with E-state index in [9.17, 15) is 9.18 Å². The molecule has 0 aromatic heterocycles. The molecule has 1 aliphatic heterocycles. The predicted octanol–water partition coefficient (Wildman–Crippen LogP) is 3.97. The number of hydrogen-bond donors (Lipinski definition) is 1. The molecule has 3 rings (SSSR count). The van der Waals surface area contributed by atoms with Gasteiger partial charge in [0, 0.05) is 38.9 Å². The monoisotopic (exact) mass is 356 g/mol. The summed E-state index contributed by atoms with van der Waals surface area (Å²) in [5.74, 6) is -0.289. The van der Waals surface area contributed by atoms with Crippen LogP contribution in [0, 0.1) is 5.82 Å². The highest BCUT2D eigenvalue weighted by molar-refractivity contribution is 5.88. The van der Waals surface area contributed by atoms with Gasteiger partial charge in [-0.25, -0.2) is 4.39 Å². The van der Waals surface area contributed by atoms with Crippen LogP contribution in [0.4, 0.5) is 10.1 Å². The highest BCUT2D eigenvalue weighted by Crippen LogP contribution is 2.18. The maximum Gasteiger partial charge on any atom is 0.221 e. The van der Waals surface area contributed by atoms with Crippen molar-refractivity contribution in [1.82, 2.24) is 4.90 Å². The summed E-state index contributed by atoms with van der Waals surface area (Å²) in [5, 5.41) is 2.78.